The number of carbonyl (C=O) groups is 2. The molecule has 0 aliphatic rings. The molecule has 0 saturated heterocycles. The molecule has 0 radical (unpaired) electrons. The van der Waals surface area contributed by atoms with Gasteiger partial charge in [-0.1, -0.05) is 60.6 Å². The molecule has 0 aliphatic carbocycles. The van der Waals surface area contributed by atoms with Crippen molar-refractivity contribution in [1.82, 2.24) is 0 Å². The summed E-state index contributed by atoms with van der Waals surface area (Å²) >= 11 is 0. The number of aromatic hydroxyl groups is 1. The lowest BCUT2D eigenvalue weighted by Crippen LogP contribution is -2.28. The predicted molar refractivity (Wildman–Crippen MR) is 125 cm³/mol. The molecule has 0 atom stereocenters. The number of phenols is 1. The molecule has 0 saturated carbocycles. The lowest BCUT2D eigenvalue weighted by Gasteiger charge is -2.31. The van der Waals surface area contributed by atoms with Crippen molar-refractivity contribution in [3.05, 3.63) is 53.1 Å². The minimum absolute atomic E-state index is 0.109. The summed E-state index contributed by atoms with van der Waals surface area (Å²) in [5.74, 6) is -1.06. The zero-order valence-electron chi connectivity index (χ0n) is 19.7. The van der Waals surface area contributed by atoms with Gasteiger partial charge in [-0.2, -0.15) is 0 Å². The Balaban J connectivity index is 2.77. The van der Waals surface area contributed by atoms with Gasteiger partial charge in [0.05, 0.1) is 6.42 Å². The Hall–Kier alpha value is -2.82. The van der Waals surface area contributed by atoms with E-state index in [2.05, 4.69) is 0 Å². The van der Waals surface area contributed by atoms with Crippen molar-refractivity contribution in [2.24, 2.45) is 0 Å². The lowest BCUT2D eigenvalue weighted by molar-refractivity contribution is -0.138. The van der Waals surface area contributed by atoms with Crippen LogP contribution in [0.25, 0.3) is 0 Å². The van der Waals surface area contributed by atoms with Crippen LogP contribution in [0, 0.1) is 0 Å². The summed E-state index contributed by atoms with van der Waals surface area (Å²) in [6, 6.07) is 11.4. The number of rotatable bonds is 6. The maximum Gasteiger partial charge on any atom is 0.303 e. The number of hydrogen-bond acceptors (Lipinski definition) is 3. The van der Waals surface area contributed by atoms with E-state index in [9.17, 15) is 14.7 Å². The van der Waals surface area contributed by atoms with E-state index in [0.717, 1.165) is 23.1 Å². The van der Waals surface area contributed by atoms with Crippen molar-refractivity contribution < 1.29 is 19.8 Å². The molecule has 0 heterocycles. The molecule has 31 heavy (non-hydrogen) atoms. The number of aliphatic carboxylic acids is 1. The van der Waals surface area contributed by atoms with Crippen LogP contribution < -0.4 is 4.90 Å². The van der Waals surface area contributed by atoms with Crippen LogP contribution in [0.2, 0.25) is 0 Å². The molecule has 2 N–H and O–H groups in total. The Morgan fingerprint density at radius 1 is 0.871 bits per heavy atom. The molecule has 0 fully saturated rings. The number of carbonyl (C=O) groups excluding carboxylic acids is 1. The summed E-state index contributed by atoms with van der Waals surface area (Å²) in [5, 5.41) is 20.2. The van der Waals surface area contributed by atoms with Crippen molar-refractivity contribution in [2.45, 2.75) is 78.6 Å². The monoisotopic (exact) mass is 425 g/mol. The summed E-state index contributed by atoms with van der Waals surface area (Å²) in [6.45, 7) is 14.2. The van der Waals surface area contributed by atoms with Gasteiger partial charge in [-0.25, -0.2) is 0 Å². The second-order valence-electron chi connectivity index (χ2n) is 10.0. The van der Waals surface area contributed by atoms with E-state index in [1.807, 2.05) is 84.9 Å². The number of carboxylic acid groups (broad SMARTS) is 1. The number of anilines is 2. The highest BCUT2D eigenvalue weighted by atomic mass is 16.4. The number of phenolic OH excluding ortho intramolecular Hbond substituents is 1. The standard InChI is InChI=1S/C26H35NO4/c1-8-17-10-9-11-18(14-17)27(22(28)12-13-23(29)30)19-15-20(25(2,3)4)24(31)21(16-19)26(5,6)7/h9-11,14-16,31H,8,12-13H2,1-7H3,(H,29,30). The first-order valence-electron chi connectivity index (χ1n) is 10.8. The SMILES string of the molecule is CCc1cccc(N(C(=O)CCC(=O)O)c2cc(C(C)(C)C)c(O)c(C(C)(C)C)c2)c1. The quantitative estimate of drug-likeness (QED) is 0.588. The molecule has 5 nitrogen and oxygen atoms in total. The van der Waals surface area contributed by atoms with E-state index in [1.165, 1.54) is 0 Å². The molecule has 168 valence electrons. The van der Waals surface area contributed by atoms with Crippen molar-refractivity contribution >= 4 is 23.3 Å². The molecule has 0 aromatic heterocycles. The summed E-state index contributed by atoms with van der Waals surface area (Å²) in [6.07, 6.45) is 0.475. The fourth-order valence-corrected chi connectivity index (χ4v) is 3.57. The summed E-state index contributed by atoms with van der Waals surface area (Å²) in [4.78, 5) is 26.0. The van der Waals surface area contributed by atoms with Crippen LogP contribution in [0.3, 0.4) is 0 Å². The Bertz CT molecular complexity index is 929. The van der Waals surface area contributed by atoms with E-state index in [0.29, 0.717) is 11.4 Å². The third kappa shape index (κ3) is 5.87. The molecular weight excluding hydrogens is 390 g/mol. The van der Waals surface area contributed by atoms with Crippen LogP contribution in [-0.4, -0.2) is 22.1 Å². The van der Waals surface area contributed by atoms with E-state index < -0.39 is 5.97 Å². The zero-order chi connectivity index (χ0) is 23.6. The Labute approximate surface area is 185 Å². The van der Waals surface area contributed by atoms with Gasteiger partial charge < -0.3 is 10.2 Å². The number of carboxylic acids is 1. The predicted octanol–water partition coefficient (Wildman–Crippen LogP) is 6.08. The van der Waals surface area contributed by atoms with Crippen molar-refractivity contribution in [3.8, 4) is 5.75 Å². The maximum atomic E-state index is 13.3. The fourth-order valence-electron chi connectivity index (χ4n) is 3.57. The summed E-state index contributed by atoms with van der Waals surface area (Å²) in [5.41, 5.74) is 3.22. The Morgan fingerprint density at radius 2 is 1.42 bits per heavy atom. The summed E-state index contributed by atoms with van der Waals surface area (Å²) < 4.78 is 0. The van der Waals surface area contributed by atoms with E-state index in [4.69, 9.17) is 5.11 Å². The number of benzene rings is 2. The number of aryl methyl sites for hydroxylation is 1. The first-order valence-corrected chi connectivity index (χ1v) is 10.8. The Morgan fingerprint density at radius 3 is 1.87 bits per heavy atom. The minimum Gasteiger partial charge on any atom is -0.507 e. The molecule has 0 bridgehead atoms. The van der Waals surface area contributed by atoms with Crippen molar-refractivity contribution in [2.75, 3.05) is 4.90 Å². The van der Waals surface area contributed by atoms with Crippen LogP contribution in [0.4, 0.5) is 11.4 Å². The van der Waals surface area contributed by atoms with Gasteiger partial charge in [-0.05, 0) is 47.1 Å². The highest BCUT2D eigenvalue weighted by molar-refractivity contribution is 6.01. The number of hydrogen-bond donors (Lipinski definition) is 2. The van der Waals surface area contributed by atoms with Gasteiger partial charge in [-0.15, -0.1) is 0 Å². The second-order valence-corrected chi connectivity index (χ2v) is 10.0. The molecule has 2 aromatic carbocycles. The average molecular weight is 426 g/mol. The topological polar surface area (TPSA) is 77.8 Å². The molecule has 5 heteroatoms. The van der Waals surface area contributed by atoms with Gasteiger partial charge in [-0.3, -0.25) is 14.5 Å². The molecule has 0 spiro atoms. The smallest absolute Gasteiger partial charge is 0.303 e. The van der Waals surface area contributed by atoms with Crippen molar-refractivity contribution in [3.63, 3.8) is 0 Å². The highest BCUT2D eigenvalue weighted by Crippen LogP contribution is 2.43. The Kier molecular flexibility index (Phi) is 7.20. The number of nitrogens with zero attached hydrogens (tertiary/aromatic N) is 1. The second kappa shape index (κ2) is 9.13. The van der Waals surface area contributed by atoms with Crippen molar-refractivity contribution in [1.29, 1.82) is 0 Å². The summed E-state index contributed by atoms with van der Waals surface area (Å²) in [7, 11) is 0. The van der Waals surface area contributed by atoms with Crippen LogP contribution >= 0.6 is 0 Å². The maximum absolute atomic E-state index is 13.3. The van der Waals surface area contributed by atoms with Crippen LogP contribution in [0.5, 0.6) is 5.75 Å². The lowest BCUT2D eigenvalue weighted by atomic mass is 9.79. The van der Waals surface area contributed by atoms with Crippen LogP contribution in [0.15, 0.2) is 36.4 Å². The number of amides is 1. The van der Waals surface area contributed by atoms with E-state index >= 15 is 0 Å². The molecule has 0 unspecified atom stereocenters. The third-order valence-corrected chi connectivity index (χ3v) is 5.35. The molecule has 2 aromatic rings. The molecule has 2 rings (SSSR count). The van der Waals surface area contributed by atoms with Crippen LogP contribution in [-0.2, 0) is 26.8 Å². The molecule has 1 amide bonds. The normalized spacial score (nSPS) is 12.0. The van der Waals surface area contributed by atoms with E-state index in [-0.39, 0.29) is 35.3 Å². The van der Waals surface area contributed by atoms with Gasteiger partial charge in [0.1, 0.15) is 5.75 Å². The first-order chi connectivity index (χ1) is 14.3. The van der Waals surface area contributed by atoms with Gasteiger partial charge in [0.25, 0.3) is 0 Å². The average Bonchev–Trinajstić information content (AvgIpc) is 2.66. The van der Waals surface area contributed by atoms with Gasteiger partial charge >= 0.3 is 5.97 Å². The molecule has 0 aliphatic heterocycles. The first kappa shape index (κ1) is 24.4. The van der Waals surface area contributed by atoms with Crippen LogP contribution in [0.1, 0.15) is 78.0 Å². The van der Waals surface area contributed by atoms with Gasteiger partial charge in [0, 0.05) is 28.9 Å². The largest absolute Gasteiger partial charge is 0.507 e. The minimum atomic E-state index is -1.01. The van der Waals surface area contributed by atoms with Gasteiger partial charge in [0.15, 0.2) is 0 Å². The highest BCUT2D eigenvalue weighted by Gasteiger charge is 2.29. The van der Waals surface area contributed by atoms with Gasteiger partial charge in [0.2, 0.25) is 5.91 Å². The zero-order valence-corrected chi connectivity index (χ0v) is 19.7. The fraction of sp³-hybridized carbons (Fsp3) is 0.462. The van der Waals surface area contributed by atoms with E-state index in [1.54, 1.807) is 4.90 Å². The third-order valence-electron chi connectivity index (χ3n) is 5.35. The molecular formula is C26H35NO4.